The molecule has 2 saturated heterocycles. The SMILES string of the molecule is CCNC(=NCCc1cccc(C)c1)N1CCC2(CCOC2)C1. The Morgan fingerprint density at radius 1 is 1.39 bits per heavy atom. The molecule has 0 aliphatic carbocycles. The van der Waals surface area contributed by atoms with Gasteiger partial charge in [-0.3, -0.25) is 4.99 Å². The summed E-state index contributed by atoms with van der Waals surface area (Å²) in [6.07, 6.45) is 3.43. The van der Waals surface area contributed by atoms with Crippen molar-refractivity contribution in [2.45, 2.75) is 33.1 Å². The van der Waals surface area contributed by atoms with Gasteiger partial charge < -0.3 is 15.0 Å². The summed E-state index contributed by atoms with van der Waals surface area (Å²) in [5, 5.41) is 3.46. The molecule has 23 heavy (non-hydrogen) atoms. The quantitative estimate of drug-likeness (QED) is 0.685. The summed E-state index contributed by atoms with van der Waals surface area (Å²) in [6.45, 7) is 10.1. The van der Waals surface area contributed by atoms with E-state index in [4.69, 9.17) is 9.73 Å². The number of nitrogens with zero attached hydrogens (tertiary/aromatic N) is 2. The van der Waals surface area contributed by atoms with Crippen LogP contribution >= 0.6 is 0 Å². The highest BCUT2D eigenvalue weighted by Crippen LogP contribution is 2.38. The largest absolute Gasteiger partial charge is 0.381 e. The van der Waals surface area contributed by atoms with Crippen LogP contribution in [-0.2, 0) is 11.2 Å². The van der Waals surface area contributed by atoms with Gasteiger partial charge in [-0.25, -0.2) is 0 Å². The Hall–Kier alpha value is -1.55. The van der Waals surface area contributed by atoms with Crippen molar-refractivity contribution in [2.24, 2.45) is 10.4 Å². The summed E-state index contributed by atoms with van der Waals surface area (Å²) in [5.74, 6) is 1.07. The van der Waals surface area contributed by atoms with E-state index in [1.807, 2.05) is 0 Å². The molecule has 1 spiro atoms. The molecule has 1 unspecified atom stereocenters. The molecule has 0 aromatic heterocycles. The number of guanidine groups is 1. The minimum atomic E-state index is 0.382. The van der Waals surface area contributed by atoms with Crippen molar-refractivity contribution >= 4 is 5.96 Å². The molecular formula is C19H29N3O. The van der Waals surface area contributed by atoms with Crippen LogP contribution in [0.15, 0.2) is 29.3 Å². The Kier molecular flexibility index (Phi) is 5.21. The average molecular weight is 315 g/mol. The Morgan fingerprint density at radius 3 is 3.04 bits per heavy atom. The number of hydrogen-bond acceptors (Lipinski definition) is 2. The van der Waals surface area contributed by atoms with Crippen LogP contribution in [0.5, 0.6) is 0 Å². The van der Waals surface area contributed by atoms with Gasteiger partial charge in [-0.15, -0.1) is 0 Å². The third-order valence-corrected chi connectivity index (χ3v) is 5.00. The van der Waals surface area contributed by atoms with E-state index in [0.29, 0.717) is 5.41 Å². The second-order valence-electron chi connectivity index (χ2n) is 6.95. The Labute approximate surface area is 139 Å². The average Bonchev–Trinajstić information content (AvgIpc) is 3.17. The summed E-state index contributed by atoms with van der Waals surface area (Å²) >= 11 is 0. The van der Waals surface area contributed by atoms with Crippen LogP contribution in [0, 0.1) is 12.3 Å². The lowest BCUT2D eigenvalue weighted by Crippen LogP contribution is -2.41. The molecule has 4 nitrogen and oxygen atoms in total. The van der Waals surface area contributed by atoms with Crippen molar-refractivity contribution in [1.29, 1.82) is 0 Å². The van der Waals surface area contributed by atoms with Gasteiger partial charge in [-0.2, -0.15) is 0 Å². The van der Waals surface area contributed by atoms with Crippen LogP contribution in [0.4, 0.5) is 0 Å². The molecule has 2 fully saturated rings. The summed E-state index contributed by atoms with van der Waals surface area (Å²) in [6, 6.07) is 8.72. The van der Waals surface area contributed by atoms with Gasteiger partial charge in [0.05, 0.1) is 6.61 Å². The highest BCUT2D eigenvalue weighted by Gasteiger charge is 2.42. The lowest BCUT2D eigenvalue weighted by molar-refractivity contribution is 0.156. The van der Waals surface area contributed by atoms with Crippen molar-refractivity contribution in [2.75, 3.05) is 39.4 Å². The van der Waals surface area contributed by atoms with Gasteiger partial charge in [0.25, 0.3) is 0 Å². The summed E-state index contributed by atoms with van der Waals surface area (Å²) in [5.41, 5.74) is 3.07. The number of ether oxygens (including phenoxy) is 1. The number of hydrogen-bond donors (Lipinski definition) is 1. The van der Waals surface area contributed by atoms with Gasteiger partial charge >= 0.3 is 0 Å². The number of benzene rings is 1. The monoisotopic (exact) mass is 315 g/mol. The number of rotatable bonds is 4. The van der Waals surface area contributed by atoms with E-state index in [0.717, 1.165) is 51.8 Å². The van der Waals surface area contributed by atoms with E-state index in [9.17, 15) is 0 Å². The first-order valence-corrected chi connectivity index (χ1v) is 8.87. The fourth-order valence-electron chi connectivity index (χ4n) is 3.67. The number of aryl methyl sites for hydroxylation is 1. The molecule has 126 valence electrons. The summed E-state index contributed by atoms with van der Waals surface area (Å²) < 4.78 is 5.63. The molecule has 4 heteroatoms. The molecule has 1 N–H and O–H groups in total. The van der Waals surface area contributed by atoms with Gasteiger partial charge in [-0.1, -0.05) is 29.8 Å². The van der Waals surface area contributed by atoms with Crippen LogP contribution < -0.4 is 5.32 Å². The van der Waals surface area contributed by atoms with Gasteiger partial charge in [0, 0.05) is 38.2 Å². The number of likely N-dealkylation sites (tertiary alicyclic amines) is 1. The van der Waals surface area contributed by atoms with Crippen LogP contribution in [0.25, 0.3) is 0 Å². The molecule has 0 saturated carbocycles. The van der Waals surface area contributed by atoms with Crippen LogP contribution in [0.1, 0.15) is 30.9 Å². The van der Waals surface area contributed by atoms with Crippen molar-refractivity contribution in [3.05, 3.63) is 35.4 Å². The molecule has 0 bridgehead atoms. The zero-order valence-electron chi connectivity index (χ0n) is 14.5. The van der Waals surface area contributed by atoms with Crippen molar-refractivity contribution in [3.8, 4) is 0 Å². The van der Waals surface area contributed by atoms with Crippen LogP contribution in [0.2, 0.25) is 0 Å². The molecule has 3 rings (SSSR count). The van der Waals surface area contributed by atoms with E-state index in [2.05, 4.69) is 48.3 Å². The standard InChI is InChI=1S/C19H29N3O/c1-3-20-18(21-10-7-17-6-4-5-16(2)13-17)22-11-8-19(14-22)9-12-23-15-19/h4-6,13H,3,7-12,14-15H2,1-2H3,(H,20,21). The fourth-order valence-corrected chi connectivity index (χ4v) is 3.67. The molecule has 2 aliphatic heterocycles. The summed E-state index contributed by atoms with van der Waals surface area (Å²) in [4.78, 5) is 7.29. The molecular weight excluding hydrogens is 286 g/mol. The predicted molar refractivity (Wildman–Crippen MR) is 94.9 cm³/mol. The number of nitrogens with one attached hydrogen (secondary N) is 1. The van der Waals surface area contributed by atoms with Gasteiger partial charge in [0.15, 0.2) is 5.96 Å². The second kappa shape index (κ2) is 7.35. The maximum atomic E-state index is 5.63. The Bertz CT molecular complexity index is 549. The van der Waals surface area contributed by atoms with E-state index in [1.54, 1.807) is 0 Å². The fraction of sp³-hybridized carbons (Fsp3) is 0.632. The molecule has 2 aliphatic rings. The first-order valence-electron chi connectivity index (χ1n) is 8.87. The van der Waals surface area contributed by atoms with Gasteiger partial charge in [0.1, 0.15) is 0 Å². The first-order chi connectivity index (χ1) is 11.2. The maximum Gasteiger partial charge on any atom is 0.193 e. The lowest BCUT2D eigenvalue weighted by atomic mass is 9.87. The van der Waals surface area contributed by atoms with Gasteiger partial charge in [-0.05, 0) is 38.7 Å². The molecule has 2 heterocycles. The zero-order chi connectivity index (χ0) is 16.1. The maximum absolute atomic E-state index is 5.63. The van der Waals surface area contributed by atoms with E-state index < -0.39 is 0 Å². The third kappa shape index (κ3) is 4.05. The second-order valence-corrected chi connectivity index (χ2v) is 6.95. The van der Waals surface area contributed by atoms with E-state index >= 15 is 0 Å². The Balaban J connectivity index is 1.59. The normalized spacial score (nSPS) is 24.6. The molecule has 0 amide bonds. The summed E-state index contributed by atoms with van der Waals surface area (Å²) in [7, 11) is 0. The van der Waals surface area contributed by atoms with Crippen LogP contribution in [-0.4, -0.2) is 50.3 Å². The van der Waals surface area contributed by atoms with E-state index in [1.165, 1.54) is 24.0 Å². The number of aliphatic imine (C=N–C) groups is 1. The van der Waals surface area contributed by atoms with Crippen LogP contribution in [0.3, 0.4) is 0 Å². The zero-order valence-corrected chi connectivity index (χ0v) is 14.5. The highest BCUT2D eigenvalue weighted by molar-refractivity contribution is 5.80. The molecule has 1 atom stereocenters. The van der Waals surface area contributed by atoms with Crippen molar-refractivity contribution < 1.29 is 4.74 Å². The third-order valence-electron chi connectivity index (χ3n) is 5.00. The van der Waals surface area contributed by atoms with Gasteiger partial charge in [0.2, 0.25) is 0 Å². The minimum Gasteiger partial charge on any atom is -0.381 e. The molecule has 1 aromatic carbocycles. The smallest absolute Gasteiger partial charge is 0.193 e. The Morgan fingerprint density at radius 2 is 2.30 bits per heavy atom. The minimum absolute atomic E-state index is 0.382. The lowest BCUT2D eigenvalue weighted by Gasteiger charge is -2.25. The first kappa shape index (κ1) is 16.3. The van der Waals surface area contributed by atoms with Crippen molar-refractivity contribution in [1.82, 2.24) is 10.2 Å². The molecule has 1 aromatic rings. The van der Waals surface area contributed by atoms with Crippen molar-refractivity contribution in [3.63, 3.8) is 0 Å². The highest BCUT2D eigenvalue weighted by atomic mass is 16.5. The topological polar surface area (TPSA) is 36.9 Å². The van der Waals surface area contributed by atoms with E-state index in [-0.39, 0.29) is 0 Å². The molecule has 0 radical (unpaired) electrons. The predicted octanol–water partition coefficient (Wildman–Crippen LogP) is 2.62.